The quantitative estimate of drug-likeness (QED) is 0.630. The first-order valence-electron chi connectivity index (χ1n) is 8.66. The molecule has 3 rings (SSSR count). The van der Waals surface area contributed by atoms with E-state index >= 15 is 0 Å². The number of thiophene rings is 1. The number of aliphatic hydroxyl groups excluding tert-OH is 2. The second-order valence-corrected chi connectivity index (χ2v) is 7.50. The van der Waals surface area contributed by atoms with Gasteiger partial charge < -0.3 is 25.0 Å². The number of nitrogens with one attached hydrogen (secondary N) is 1. The van der Waals surface area contributed by atoms with E-state index in [0.717, 1.165) is 19.4 Å². The van der Waals surface area contributed by atoms with Crippen molar-refractivity contribution in [2.75, 3.05) is 33.4 Å². The minimum Gasteiger partial charge on any atom is -0.394 e. The molecule has 0 bridgehead atoms. The van der Waals surface area contributed by atoms with Crippen LogP contribution in [0.5, 0.6) is 0 Å². The normalized spacial score (nSPS) is 33.0. The maximum atomic E-state index is 12.2. The van der Waals surface area contributed by atoms with E-state index in [1.54, 1.807) is 13.2 Å². The average molecular weight is 370 g/mol. The second-order valence-electron chi connectivity index (χ2n) is 6.55. The fraction of sp³-hybridized carbons (Fsp3) is 0.706. The van der Waals surface area contributed by atoms with Gasteiger partial charge in [0.25, 0.3) is 5.91 Å². The fourth-order valence-corrected chi connectivity index (χ4v) is 4.51. The highest BCUT2D eigenvalue weighted by molar-refractivity contribution is 7.12. The van der Waals surface area contributed by atoms with Crippen LogP contribution in [0.15, 0.2) is 17.5 Å². The highest BCUT2D eigenvalue weighted by atomic mass is 32.1. The SMILES string of the molecule is COC[C@H]1CCCN1[C@@H]1[C@H](O)[C@H](CO)O[C@@H]1CNC(=O)c1cccs1. The van der Waals surface area contributed by atoms with Crippen molar-refractivity contribution in [2.24, 2.45) is 0 Å². The minimum absolute atomic E-state index is 0.144. The first kappa shape index (κ1) is 18.8. The summed E-state index contributed by atoms with van der Waals surface area (Å²) < 4.78 is 11.2. The highest BCUT2D eigenvalue weighted by Gasteiger charge is 2.48. The molecule has 0 aliphatic carbocycles. The monoisotopic (exact) mass is 370 g/mol. The van der Waals surface area contributed by atoms with Gasteiger partial charge in [-0.3, -0.25) is 9.69 Å². The van der Waals surface area contributed by atoms with Gasteiger partial charge in [0.05, 0.1) is 30.2 Å². The van der Waals surface area contributed by atoms with Crippen LogP contribution in [0.2, 0.25) is 0 Å². The molecule has 3 heterocycles. The van der Waals surface area contributed by atoms with E-state index in [-0.39, 0.29) is 30.7 Å². The average Bonchev–Trinajstić information content (AvgIpc) is 3.33. The van der Waals surface area contributed by atoms with Crippen molar-refractivity contribution in [1.82, 2.24) is 10.2 Å². The Morgan fingerprint density at radius 3 is 3.04 bits per heavy atom. The van der Waals surface area contributed by atoms with Crippen LogP contribution in [0.25, 0.3) is 0 Å². The largest absolute Gasteiger partial charge is 0.394 e. The lowest BCUT2D eigenvalue weighted by Crippen LogP contribution is -2.53. The van der Waals surface area contributed by atoms with Crippen molar-refractivity contribution < 1.29 is 24.5 Å². The molecule has 0 saturated carbocycles. The van der Waals surface area contributed by atoms with Crippen molar-refractivity contribution in [3.63, 3.8) is 0 Å². The van der Waals surface area contributed by atoms with Crippen molar-refractivity contribution >= 4 is 17.2 Å². The third kappa shape index (κ3) is 4.05. The minimum atomic E-state index is -0.786. The van der Waals surface area contributed by atoms with Gasteiger partial charge in [-0.25, -0.2) is 0 Å². The van der Waals surface area contributed by atoms with Crippen LogP contribution >= 0.6 is 11.3 Å². The lowest BCUT2D eigenvalue weighted by Gasteiger charge is -2.34. The van der Waals surface area contributed by atoms with Crippen molar-refractivity contribution in [3.05, 3.63) is 22.4 Å². The summed E-state index contributed by atoms with van der Waals surface area (Å²) in [5, 5.41) is 24.9. The molecule has 140 valence electrons. The summed E-state index contributed by atoms with van der Waals surface area (Å²) in [7, 11) is 1.67. The molecule has 2 fully saturated rings. The Balaban J connectivity index is 1.68. The van der Waals surface area contributed by atoms with Gasteiger partial charge in [0.2, 0.25) is 0 Å². The van der Waals surface area contributed by atoms with Crippen LogP contribution in [-0.4, -0.2) is 84.8 Å². The third-order valence-corrected chi connectivity index (χ3v) is 5.88. The van der Waals surface area contributed by atoms with Gasteiger partial charge in [-0.05, 0) is 30.8 Å². The standard InChI is InChI=1S/C17H26N2O5S/c1-23-10-11-4-2-6-19(11)15-12(24-13(9-20)16(15)21)8-18-17(22)14-5-3-7-25-14/h3,5,7,11-13,15-16,20-21H,2,4,6,8-10H2,1H3,(H,18,22)/t11-,12-,13+,15+,16-/m1/s1. The van der Waals surface area contributed by atoms with Gasteiger partial charge in [0, 0.05) is 19.7 Å². The molecule has 1 aromatic rings. The number of hydrogen-bond acceptors (Lipinski definition) is 7. The molecule has 2 aliphatic rings. The van der Waals surface area contributed by atoms with E-state index in [1.165, 1.54) is 11.3 Å². The summed E-state index contributed by atoms with van der Waals surface area (Å²) in [4.78, 5) is 15.0. The summed E-state index contributed by atoms with van der Waals surface area (Å²) in [6.45, 7) is 1.51. The van der Waals surface area contributed by atoms with Gasteiger partial charge in [-0.2, -0.15) is 0 Å². The molecule has 1 amide bonds. The Bertz CT molecular complexity index is 555. The molecule has 0 unspecified atom stereocenters. The zero-order valence-electron chi connectivity index (χ0n) is 14.3. The maximum absolute atomic E-state index is 12.2. The molecule has 0 aromatic carbocycles. The highest BCUT2D eigenvalue weighted by Crippen LogP contribution is 2.31. The molecule has 2 saturated heterocycles. The number of amides is 1. The van der Waals surface area contributed by atoms with Crippen LogP contribution in [-0.2, 0) is 9.47 Å². The van der Waals surface area contributed by atoms with Gasteiger partial charge >= 0.3 is 0 Å². The van der Waals surface area contributed by atoms with Crippen molar-refractivity contribution in [3.8, 4) is 0 Å². The van der Waals surface area contributed by atoms with E-state index in [1.807, 2.05) is 11.4 Å². The van der Waals surface area contributed by atoms with E-state index < -0.39 is 12.2 Å². The Kier molecular flexibility index (Phi) is 6.43. The van der Waals surface area contributed by atoms with E-state index in [4.69, 9.17) is 9.47 Å². The van der Waals surface area contributed by atoms with Gasteiger partial charge in [0.15, 0.2) is 0 Å². The van der Waals surface area contributed by atoms with Crippen LogP contribution in [0, 0.1) is 0 Å². The van der Waals surface area contributed by atoms with Gasteiger partial charge in [-0.1, -0.05) is 6.07 Å². The predicted octanol–water partition coefficient (Wildman–Crippen LogP) is 0.0779. The molecule has 2 aliphatic heterocycles. The second kappa shape index (κ2) is 8.57. The van der Waals surface area contributed by atoms with Crippen molar-refractivity contribution in [2.45, 2.75) is 43.2 Å². The Labute approximate surface area is 151 Å². The Morgan fingerprint density at radius 2 is 2.36 bits per heavy atom. The number of hydrogen-bond donors (Lipinski definition) is 3. The summed E-state index contributed by atoms with van der Waals surface area (Å²) in [5.41, 5.74) is 0. The van der Waals surface area contributed by atoms with Crippen molar-refractivity contribution in [1.29, 1.82) is 0 Å². The van der Waals surface area contributed by atoms with E-state index in [2.05, 4.69) is 10.2 Å². The third-order valence-electron chi connectivity index (χ3n) is 5.01. The molecule has 8 heteroatoms. The van der Waals surface area contributed by atoms with E-state index in [0.29, 0.717) is 18.0 Å². The molecule has 5 atom stereocenters. The molecular weight excluding hydrogens is 344 g/mol. The zero-order chi connectivity index (χ0) is 17.8. The van der Waals surface area contributed by atoms with Crippen LogP contribution in [0.3, 0.4) is 0 Å². The van der Waals surface area contributed by atoms with E-state index in [9.17, 15) is 15.0 Å². The van der Waals surface area contributed by atoms with Gasteiger partial charge in [-0.15, -0.1) is 11.3 Å². The Morgan fingerprint density at radius 1 is 1.52 bits per heavy atom. The molecular formula is C17H26N2O5S. The maximum Gasteiger partial charge on any atom is 0.261 e. The smallest absolute Gasteiger partial charge is 0.261 e. The first-order chi connectivity index (χ1) is 12.2. The first-order valence-corrected chi connectivity index (χ1v) is 9.54. The number of ether oxygens (including phenoxy) is 2. The molecule has 25 heavy (non-hydrogen) atoms. The number of aliphatic hydroxyl groups is 2. The summed E-state index contributed by atoms with van der Waals surface area (Å²) in [5.74, 6) is -0.144. The fourth-order valence-electron chi connectivity index (χ4n) is 3.86. The van der Waals surface area contributed by atoms with Gasteiger partial charge in [0.1, 0.15) is 12.2 Å². The Hall–Kier alpha value is -1.03. The number of methoxy groups -OCH3 is 1. The van der Waals surface area contributed by atoms with Crippen LogP contribution in [0.4, 0.5) is 0 Å². The summed E-state index contributed by atoms with van der Waals surface area (Å²) >= 11 is 1.38. The molecule has 0 radical (unpaired) electrons. The summed E-state index contributed by atoms with van der Waals surface area (Å²) in [6, 6.07) is 3.57. The number of carbonyl (C=O) groups excluding carboxylic acids is 1. The molecule has 0 spiro atoms. The number of carbonyl (C=O) groups is 1. The lowest BCUT2D eigenvalue weighted by atomic mass is 10.0. The molecule has 3 N–H and O–H groups in total. The number of rotatable bonds is 7. The number of likely N-dealkylation sites (tertiary alicyclic amines) is 1. The predicted molar refractivity (Wildman–Crippen MR) is 93.8 cm³/mol. The molecule has 7 nitrogen and oxygen atoms in total. The zero-order valence-corrected chi connectivity index (χ0v) is 15.2. The summed E-state index contributed by atoms with van der Waals surface area (Å²) in [6.07, 6.45) is 0.266. The number of nitrogens with zero attached hydrogens (tertiary/aromatic N) is 1. The molecule has 1 aromatic heterocycles. The topological polar surface area (TPSA) is 91.3 Å². The van der Waals surface area contributed by atoms with Crippen LogP contribution in [0.1, 0.15) is 22.5 Å². The van der Waals surface area contributed by atoms with Crippen LogP contribution < -0.4 is 5.32 Å². The lowest BCUT2D eigenvalue weighted by molar-refractivity contribution is -0.0209.